The summed E-state index contributed by atoms with van der Waals surface area (Å²) in [6.07, 6.45) is 1.46. The summed E-state index contributed by atoms with van der Waals surface area (Å²) in [5.74, 6) is -0.253. The number of nitrogens with one attached hydrogen (secondary N) is 1. The molecule has 0 saturated heterocycles. The summed E-state index contributed by atoms with van der Waals surface area (Å²) in [5, 5.41) is 2.42. The topological polar surface area (TPSA) is 64.6 Å². The molecule has 126 valence electrons. The van der Waals surface area contributed by atoms with E-state index in [9.17, 15) is 9.59 Å². The molecule has 0 heterocycles. The molecule has 0 bridgehead atoms. The predicted molar refractivity (Wildman–Crippen MR) is 85.2 cm³/mol. The molecule has 0 aromatic rings. The first-order chi connectivity index (χ1) is 9.50. The monoisotopic (exact) mass is 303 g/mol. The molecule has 0 saturated carbocycles. The van der Waals surface area contributed by atoms with Gasteiger partial charge < -0.3 is 14.8 Å². The molecule has 0 aliphatic rings. The van der Waals surface area contributed by atoms with E-state index < -0.39 is 11.5 Å². The fraction of sp³-hybridized carbons (Fsp3) is 0.875. The van der Waals surface area contributed by atoms with E-state index in [1.165, 1.54) is 13.5 Å². The van der Waals surface area contributed by atoms with Crippen LogP contribution in [-0.2, 0) is 14.3 Å². The van der Waals surface area contributed by atoms with E-state index in [1.54, 1.807) is 0 Å². The van der Waals surface area contributed by atoms with Crippen molar-refractivity contribution in [2.75, 3.05) is 20.3 Å². The molecule has 5 nitrogen and oxygen atoms in total. The summed E-state index contributed by atoms with van der Waals surface area (Å²) in [6, 6.07) is 0. The van der Waals surface area contributed by atoms with Crippen LogP contribution in [0.25, 0.3) is 0 Å². The first-order valence-corrected chi connectivity index (χ1v) is 7.49. The maximum Gasteiger partial charge on any atom is 0.406 e. The predicted octanol–water partition coefficient (Wildman–Crippen LogP) is 3.76. The Bertz CT molecular complexity index is 306. The maximum absolute atomic E-state index is 11.4. The van der Waals surface area contributed by atoms with Gasteiger partial charge >= 0.3 is 12.1 Å². The lowest BCUT2D eigenvalue weighted by atomic mass is 9.91. The highest BCUT2D eigenvalue weighted by molar-refractivity contribution is 5.75. The molecule has 0 aromatic carbocycles. The third-order valence-electron chi connectivity index (χ3n) is 3.29. The van der Waals surface area contributed by atoms with Gasteiger partial charge in [0.2, 0.25) is 0 Å². The highest BCUT2D eigenvalue weighted by atomic mass is 16.5. The van der Waals surface area contributed by atoms with Crippen LogP contribution in [0.1, 0.15) is 61.3 Å². The molecule has 21 heavy (non-hydrogen) atoms. The largest absolute Gasteiger partial charge is 0.463 e. The number of alkyl carbamates (subject to hydrolysis) is 1. The minimum absolute atomic E-state index is 0.164. The first-order valence-electron chi connectivity index (χ1n) is 7.49. The quantitative estimate of drug-likeness (QED) is 0.620. The van der Waals surface area contributed by atoms with Crippen molar-refractivity contribution in [2.24, 2.45) is 10.8 Å². The van der Waals surface area contributed by atoms with E-state index in [0.717, 1.165) is 6.42 Å². The highest BCUT2D eigenvalue weighted by Gasteiger charge is 2.26. The van der Waals surface area contributed by atoms with Crippen molar-refractivity contribution in [3.05, 3.63) is 0 Å². The zero-order valence-electron chi connectivity index (χ0n) is 15.0. The van der Waals surface area contributed by atoms with Gasteiger partial charge in [0.1, 0.15) is 6.61 Å². The summed E-state index contributed by atoms with van der Waals surface area (Å²) in [6.45, 7) is 14.9. The maximum atomic E-state index is 11.4. The van der Waals surface area contributed by atoms with Gasteiger partial charge in [0, 0.05) is 0 Å². The second kappa shape index (κ2) is 10.5. The SMILES string of the molecule is CCC(C)(C)C.CCC(C)(C)C(=O)OCCNC(=O)OC. The van der Waals surface area contributed by atoms with E-state index in [2.05, 4.69) is 37.7 Å². The van der Waals surface area contributed by atoms with Crippen molar-refractivity contribution in [2.45, 2.75) is 61.3 Å². The van der Waals surface area contributed by atoms with E-state index >= 15 is 0 Å². The number of esters is 1. The van der Waals surface area contributed by atoms with Crippen LogP contribution in [0.2, 0.25) is 0 Å². The van der Waals surface area contributed by atoms with Crippen molar-refractivity contribution >= 4 is 12.1 Å². The summed E-state index contributed by atoms with van der Waals surface area (Å²) in [4.78, 5) is 22.1. The molecule has 1 amide bonds. The molecular formula is C16H33NO4. The van der Waals surface area contributed by atoms with Gasteiger partial charge in [-0.1, -0.05) is 41.0 Å². The molecule has 0 aliphatic carbocycles. The number of hydrogen-bond acceptors (Lipinski definition) is 4. The summed E-state index contributed by atoms with van der Waals surface area (Å²) in [5.41, 5.74) is 0.0747. The summed E-state index contributed by atoms with van der Waals surface area (Å²) < 4.78 is 9.34. The van der Waals surface area contributed by atoms with Crippen molar-refractivity contribution in [3.8, 4) is 0 Å². The van der Waals surface area contributed by atoms with Gasteiger partial charge in [-0.25, -0.2) is 4.79 Å². The Hall–Kier alpha value is -1.26. The van der Waals surface area contributed by atoms with E-state index in [-0.39, 0.29) is 19.1 Å². The minimum atomic E-state index is -0.527. The van der Waals surface area contributed by atoms with E-state index in [1.807, 2.05) is 20.8 Å². The van der Waals surface area contributed by atoms with E-state index in [4.69, 9.17) is 4.74 Å². The molecule has 0 spiro atoms. The van der Waals surface area contributed by atoms with Crippen LogP contribution in [0.4, 0.5) is 4.79 Å². The van der Waals surface area contributed by atoms with Crippen LogP contribution >= 0.6 is 0 Å². The number of ether oxygens (including phenoxy) is 2. The molecule has 0 aromatic heterocycles. The third kappa shape index (κ3) is 13.5. The standard InChI is InChI=1S/C10H19NO4.C6H14/c1-5-10(2,3)8(12)15-7-6-11-9(13)14-4;1-5-6(2,3)4/h5-7H2,1-4H3,(H,11,13);5H2,1-4H3. The van der Waals surface area contributed by atoms with Crippen LogP contribution in [0.15, 0.2) is 0 Å². The number of hydrogen-bond donors (Lipinski definition) is 1. The number of rotatable bonds is 5. The van der Waals surface area contributed by atoms with E-state index in [0.29, 0.717) is 5.41 Å². The Morgan fingerprint density at radius 3 is 1.81 bits per heavy atom. The van der Waals surface area contributed by atoms with Crippen LogP contribution in [-0.4, -0.2) is 32.3 Å². The number of carbonyl (C=O) groups excluding carboxylic acids is 2. The summed E-state index contributed by atoms with van der Waals surface area (Å²) >= 11 is 0. The Kier molecular flexibility index (Phi) is 11.0. The van der Waals surface area contributed by atoms with Crippen molar-refractivity contribution in [3.63, 3.8) is 0 Å². The lowest BCUT2D eigenvalue weighted by Crippen LogP contribution is -2.31. The second-order valence-electron chi connectivity index (χ2n) is 6.71. The highest BCUT2D eigenvalue weighted by Crippen LogP contribution is 2.21. The Labute approximate surface area is 129 Å². The average Bonchev–Trinajstić information content (AvgIpc) is 2.42. The van der Waals surface area contributed by atoms with Gasteiger partial charge in [0.05, 0.1) is 19.1 Å². The molecule has 0 fully saturated rings. The fourth-order valence-corrected chi connectivity index (χ4v) is 0.709. The Balaban J connectivity index is 0. The van der Waals surface area contributed by atoms with Crippen molar-refractivity contribution < 1.29 is 19.1 Å². The molecule has 0 unspecified atom stereocenters. The van der Waals surface area contributed by atoms with Crippen LogP contribution in [0, 0.1) is 10.8 Å². The summed E-state index contributed by atoms with van der Waals surface area (Å²) in [7, 11) is 1.28. The lowest BCUT2D eigenvalue weighted by molar-refractivity contribution is -0.153. The van der Waals surface area contributed by atoms with Gasteiger partial charge in [0.15, 0.2) is 0 Å². The zero-order chi connectivity index (χ0) is 17.1. The van der Waals surface area contributed by atoms with Gasteiger partial charge in [-0.2, -0.15) is 0 Å². The fourth-order valence-electron chi connectivity index (χ4n) is 0.709. The number of amides is 1. The van der Waals surface area contributed by atoms with Crippen LogP contribution in [0.3, 0.4) is 0 Å². The van der Waals surface area contributed by atoms with Gasteiger partial charge in [0.25, 0.3) is 0 Å². The van der Waals surface area contributed by atoms with Gasteiger partial charge in [-0.3, -0.25) is 4.79 Å². The number of methoxy groups -OCH3 is 1. The van der Waals surface area contributed by atoms with Crippen LogP contribution < -0.4 is 5.32 Å². The zero-order valence-corrected chi connectivity index (χ0v) is 15.0. The van der Waals surface area contributed by atoms with Gasteiger partial charge in [-0.15, -0.1) is 0 Å². The molecule has 0 rings (SSSR count). The average molecular weight is 303 g/mol. The van der Waals surface area contributed by atoms with Crippen molar-refractivity contribution in [1.29, 1.82) is 0 Å². The molecular weight excluding hydrogens is 270 g/mol. The Morgan fingerprint density at radius 2 is 1.48 bits per heavy atom. The molecule has 0 atom stereocenters. The second-order valence-corrected chi connectivity index (χ2v) is 6.71. The molecule has 1 N–H and O–H groups in total. The molecule has 5 heteroatoms. The smallest absolute Gasteiger partial charge is 0.406 e. The Morgan fingerprint density at radius 1 is 1.00 bits per heavy atom. The lowest BCUT2D eigenvalue weighted by Gasteiger charge is -2.20. The number of carbonyl (C=O) groups is 2. The van der Waals surface area contributed by atoms with Crippen molar-refractivity contribution in [1.82, 2.24) is 5.32 Å². The molecule has 0 aliphatic heterocycles. The third-order valence-corrected chi connectivity index (χ3v) is 3.29. The van der Waals surface area contributed by atoms with Crippen LogP contribution in [0.5, 0.6) is 0 Å². The normalized spacial score (nSPS) is 11.0. The van der Waals surface area contributed by atoms with Gasteiger partial charge in [-0.05, 0) is 25.7 Å². The molecule has 0 radical (unpaired) electrons. The minimum Gasteiger partial charge on any atom is -0.463 e. The first kappa shape index (κ1) is 22.0.